The van der Waals surface area contributed by atoms with Crippen molar-refractivity contribution in [1.82, 2.24) is 15.0 Å². The Kier molecular flexibility index (Phi) is 3.52. The molecule has 0 atom stereocenters. The standard InChI is InChI=1S/C10H7ClF2N4O/c11-5-1-2-6(17-9(5)14)7-3-16-8(4-15-7)18-10(12)13/h1-4,10H,(H2,14,17). The predicted molar refractivity (Wildman–Crippen MR) is 61.3 cm³/mol. The number of aromatic nitrogens is 3. The van der Waals surface area contributed by atoms with Gasteiger partial charge >= 0.3 is 6.61 Å². The topological polar surface area (TPSA) is 73.9 Å². The Bertz CT molecular complexity index is 550. The molecule has 2 aromatic rings. The van der Waals surface area contributed by atoms with Crippen LogP contribution in [-0.4, -0.2) is 21.6 Å². The molecule has 18 heavy (non-hydrogen) atoms. The largest absolute Gasteiger partial charge is 0.415 e. The van der Waals surface area contributed by atoms with E-state index in [1.807, 2.05) is 0 Å². The van der Waals surface area contributed by atoms with Crippen LogP contribution in [0.25, 0.3) is 11.4 Å². The van der Waals surface area contributed by atoms with Crippen LogP contribution in [0.3, 0.4) is 0 Å². The number of pyridine rings is 1. The highest BCUT2D eigenvalue weighted by Crippen LogP contribution is 2.22. The van der Waals surface area contributed by atoms with E-state index in [0.29, 0.717) is 16.4 Å². The Morgan fingerprint density at radius 1 is 1.17 bits per heavy atom. The quantitative estimate of drug-likeness (QED) is 0.928. The van der Waals surface area contributed by atoms with Crippen LogP contribution in [0.2, 0.25) is 5.02 Å². The fourth-order valence-corrected chi connectivity index (χ4v) is 1.31. The smallest absolute Gasteiger partial charge is 0.388 e. The summed E-state index contributed by atoms with van der Waals surface area (Å²) >= 11 is 5.72. The van der Waals surface area contributed by atoms with Crippen molar-refractivity contribution in [3.8, 4) is 17.3 Å². The molecule has 0 spiro atoms. The van der Waals surface area contributed by atoms with Gasteiger partial charge in [0.1, 0.15) is 11.5 Å². The van der Waals surface area contributed by atoms with E-state index in [1.165, 1.54) is 6.20 Å². The van der Waals surface area contributed by atoms with E-state index >= 15 is 0 Å². The molecular formula is C10H7ClF2N4O. The number of hydrogen-bond donors (Lipinski definition) is 1. The van der Waals surface area contributed by atoms with E-state index < -0.39 is 6.61 Å². The van der Waals surface area contributed by atoms with Crippen molar-refractivity contribution in [2.75, 3.05) is 5.73 Å². The maximum atomic E-state index is 11.9. The Morgan fingerprint density at radius 3 is 2.50 bits per heavy atom. The molecule has 0 amide bonds. The highest BCUT2D eigenvalue weighted by atomic mass is 35.5. The zero-order chi connectivity index (χ0) is 13.1. The third-order valence-corrected chi connectivity index (χ3v) is 2.29. The summed E-state index contributed by atoms with van der Waals surface area (Å²) in [5.41, 5.74) is 6.35. The van der Waals surface area contributed by atoms with Gasteiger partial charge in [0.2, 0.25) is 5.88 Å². The van der Waals surface area contributed by atoms with Crippen molar-refractivity contribution < 1.29 is 13.5 Å². The number of anilines is 1. The van der Waals surface area contributed by atoms with Crippen LogP contribution < -0.4 is 10.5 Å². The fourth-order valence-electron chi connectivity index (χ4n) is 1.20. The van der Waals surface area contributed by atoms with E-state index in [1.54, 1.807) is 12.1 Å². The molecule has 0 aromatic carbocycles. The van der Waals surface area contributed by atoms with E-state index in [2.05, 4.69) is 19.7 Å². The Balaban J connectivity index is 2.25. The summed E-state index contributed by atoms with van der Waals surface area (Å²) in [7, 11) is 0. The molecule has 5 nitrogen and oxygen atoms in total. The summed E-state index contributed by atoms with van der Waals surface area (Å²) in [5.74, 6) is -0.112. The molecule has 0 radical (unpaired) electrons. The zero-order valence-electron chi connectivity index (χ0n) is 8.85. The lowest BCUT2D eigenvalue weighted by molar-refractivity contribution is -0.0530. The van der Waals surface area contributed by atoms with Crippen LogP contribution in [0.1, 0.15) is 0 Å². The summed E-state index contributed by atoms with van der Waals surface area (Å²) in [6.45, 7) is -2.94. The highest BCUT2D eigenvalue weighted by Gasteiger charge is 2.08. The second kappa shape index (κ2) is 5.09. The van der Waals surface area contributed by atoms with E-state index in [9.17, 15) is 8.78 Å². The SMILES string of the molecule is Nc1nc(-c2cnc(OC(F)F)cn2)ccc1Cl. The maximum Gasteiger partial charge on any atom is 0.388 e. The van der Waals surface area contributed by atoms with Crippen molar-refractivity contribution in [3.63, 3.8) is 0 Å². The van der Waals surface area contributed by atoms with Crippen molar-refractivity contribution in [2.24, 2.45) is 0 Å². The molecule has 0 unspecified atom stereocenters. The molecule has 0 saturated carbocycles. The summed E-state index contributed by atoms with van der Waals surface area (Å²) in [4.78, 5) is 11.5. The van der Waals surface area contributed by atoms with Gasteiger partial charge in [-0.05, 0) is 12.1 Å². The molecule has 0 aliphatic heterocycles. The van der Waals surface area contributed by atoms with Crippen LogP contribution in [-0.2, 0) is 0 Å². The lowest BCUT2D eigenvalue weighted by Crippen LogP contribution is -2.04. The number of alkyl halides is 2. The average Bonchev–Trinajstić information content (AvgIpc) is 2.33. The Morgan fingerprint density at radius 2 is 1.94 bits per heavy atom. The van der Waals surface area contributed by atoms with E-state index in [4.69, 9.17) is 17.3 Å². The lowest BCUT2D eigenvalue weighted by Gasteiger charge is -2.04. The molecule has 0 fully saturated rings. The minimum atomic E-state index is -2.94. The normalized spacial score (nSPS) is 10.7. The minimum absolute atomic E-state index is 0.156. The van der Waals surface area contributed by atoms with Gasteiger partial charge in [-0.3, -0.25) is 0 Å². The van der Waals surface area contributed by atoms with Crippen molar-refractivity contribution >= 4 is 17.4 Å². The first-order valence-electron chi connectivity index (χ1n) is 4.75. The minimum Gasteiger partial charge on any atom is -0.415 e. The molecule has 0 aliphatic carbocycles. The maximum absolute atomic E-state index is 11.9. The molecule has 2 aromatic heterocycles. The monoisotopic (exact) mass is 272 g/mol. The predicted octanol–water partition coefficient (Wildman–Crippen LogP) is 2.38. The van der Waals surface area contributed by atoms with Crippen molar-refractivity contribution in [2.45, 2.75) is 6.61 Å². The van der Waals surface area contributed by atoms with Gasteiger partial charge in [-0.15, -0.1) is 0 Å². The number of rotatable bonds is 3. The second-order valence-electron chi connectivity index (χ2n) is 3.18. The van der Waals surface area contributed by atoms with Crippen molar-refractivity contribution in [1.29, 1.82) is 0 Å². The number of nitrogens with two attached hydrogens (primary N) is 1. The molecule has 2 heterocycles. The zero-order valence-corrected chi connectivity index (χ0v) is 9.60. The molecule has 8 heteroatoms. The van der Waals surface area contributed by atoms with Gasteiger partial charge in [0.15, 0.2) is 0 Å². The van der Waals surface area contributed by atoms with Gasteiger partial charge in [0.05, 0.1) is 23.1 Å². The first kappa shape index (κ1) is 12.4. The number of halogens is 3. The highest BCUT2D eigenvalue weighted by molar-refractivity contribution is 6.32. The molecule has 2 rings (SSSR count). The number of nitrogens with zero attached hydrogens (tertiary/aromatic N) is 3. The molecule has 94 valence electrons. The number of hydrogen-bond acceptors (Lipinski definition) is 5. The molecule has 0 bridgehead atoms. The van der Waals surface area contributed by atoms with Gasteiger partial charge in [-0.1, -0.05) is 11.6 Å². The summed E-state index contributed by atoms with van der Waals surface area (Å²) in [6.07, 6.45) is 2.33. The first-order chi connectivity index (χ1) is 8.56. The van der Waals surface area contributed by atoms with Crippen LogP contribution in [0.4, 0.5) is 14.6 Å². The van der Waals surface area contributed by atoms with Gasteiger partial charge in [-0.2, -0.15) is 8.78 Å². The van der Waals surface area contributed by atoms with E-state index in [0.717, 1.165) is 6.20 Å². The molecular weight excluding hydrogens is 266 g/mol. The Hall–Kier alpha value is -2.02. The summed E-state index contributed by atoms with van der Waals surface area (Å²) in [5, 5.41) is 0.323. The lowest BCUT2D eigenvalue weighted by atomic mass is 10.3. The summed E-state index contributed by atoms with van der Waals surface area (Å²) < 4.78 is 27.9. The van der Waals surface area contributed by atoms with Crippen LogP contribution >= 0.6 is 11.6 Å². The molecule has 0 saturated heterocycles. The number of ether oxygens (including phenoxy) is 1. The average molecular weight is 273 g/mol. The fraction of sp³-hybridized carbons (Fsp3) is 0.100. The van der Waals surface area contributed by atoms with E-state index in [-0.39, 0.29) is 11.7 Å². The third kappa shape index (κ3) is 2.80. The third-order valence-electron chi connectivity index (χ3n) is 1.97. The van der Waals surface area contributed by atoms with Gasteiger partial charge in [-0.25, -0.2) is 15.0 Å². The van der Waals surface area contributed by atoms with Crippen molar-refractivity contribution in [3.05, 3.63) is 29.5 Å². The summed E-state index contributed by atoms with van der Waals surface area (Å²) in [6, 6.07) is 3.15. The van der Waals surface area contributed by atoms with Crippen LogP contribution in [0.15, 0.2) is 24.5 Å². The van der Waals surface area contributed by atoms with Gasteiger partial charge in [0.25, 0.3) is 0 Å². The molecule has 0 aliphatic rings. The first-order valence-corrected chi connectivity index (χ1v) is 5.13. The van der Waals surface area contributed by atoms with Crippen LogP contribution in [0.5, 0.6) is 5.88 Å². The van der Waals surface area contributed by atoms with Crippen LogP contribution in [0, 0.1) is 0 Å². The molecule has 2 N–H and O–H groups in total. The number of nitrogen functional groups attached to an aromatic ring is 1. The Labute approximate surface area is 106 Å². The second-order valence-corrected chi connectivity index (χ2v) is 3.59. The van der Waals surface area contributed by atoms with Gasteiger partial charge in [0, 0.05) is 0 Å². The van der Waals surface area contributed by atoms with Gasteiger partial charge < -0.3 is 10.5 Å².